The zero-order valence-electron chi connectivity index (χ0n) is 4.76. The van der Waals surface area contributed by atoms with Crippen LogP contribution < -0.4 is 0 Å². The Labute approximate surface area is 43.7 Å². The molecule has 0 atom stereocenters. The van der Waals surface area contributed by atoms with Crippen LogP contribution in [0.15, 0.2) is 5.34 Å². The van der Waals surface area contributed by atoms with Crippen molar-refractivity contribution in [2.45, 2.75) is 19.6 Å². The van der Waals surface area contributed by atoms with Crippen LogP contribution in [0.3, 0.4) is 0 Å². The molecule has 0 bridgehead atoms. The molecule has 0 heterocycles. The molecule has 42 valence electrons. The molecular formula is C3H9NO2Si. The quantitative estimate of drug-likeness (QED) is 0.314. The molecule has 0 unspecified atom stereocenters. The van der Waals surface area contributed by atoms with E-state index in [2.05, 4.69) is 9.87 Å². The normalized spacial score (nSPS) is 10.7. The third-order valence-electron chi connectivity index (χ3n) is 0.311. The fourth-order valence-electron chi connectivity index (χ4n) is 0.112. The van der Waals surface area contributed by atoms with Gasteiger partial charge in [-0.05, 0) is 19.6 Å². The SMILES string of the molecule is C[Si](C)(C)ON=O. The van der Waals surface area contributed by atoms with Crippen LogP contribution in [-0.2, 0) is 4.53 Å². The summed E-state index contributed by atoms with van der Waals surface area (Å²) < 4.78 is 4.44. The van der Waals surface area contributed by atoms with Crippen LogP contribution in [0.1, 0.15) is 0 Å². The summed E-state index contributed by atoms with van der Waals surface area (Å²) in [7, 11) is -1.64. The predicted octanol–water partition coefficient (Wildman–Crippen LogP) is 1.52. The van der Waals surface area contributed by atoms with E-state index in [4.69, 9.17) is 0 Å². The highest BCUT2D eigenvalue weighted by Gasteiger charge is 2.15. The molecule has 0 saturated heterocycles. The molecule has 0 N–H and O–H groups in total. The molecular weight excluding hydrogens is 110 g/mol. The molecule has 0 radical (unpaired) electrons. The van der Waals surface area contributed by atoms with Gasteiger partial charge in [0.15, 0.2) is 0 Å². The van der Waals surface area contributed by atoms with E-state index in [1.807, 2.05) is 19.6 Å². The lowest BCUT2D eigenvalue weighted by molar-refractivity contribution is 0.328. The number of rotatable bonds is 2. The Morgan fingerprint density at radius 1 is 1.43 bits per heavy atom. The van der Waals surface area contributed by atoms with Crippen molar-refractivity contribution >= 4 is 8.32 Å². The molecule has 0 fully saturated rings. The third kappa shape index (κ3) is 5.62. The van der Waals surface area contributed by atoms with Gasteiger partial charge in [0.05, 0.1) is 0 Å². The van der Waals surface area contributed by atoms with Crippen LogP contribution >= 0.6 is 0 Å². The Bertz CT molecular complexity index is 67.8. The molecule has 0 aromatic rings. The van der Waals surface area contributed by atoms with Crippen molar-refractivity contribution < 1.29 is 4.53 Å². The van der Waals surface area contributed by atoms with Gasteiger partial charge < -0.3 is 4.53 Å². The second kappa shape index (κ2) is 2.06. The van der Waals surface area contributed by atoms with E-state index >= 15 is 0 Å². The van der Waals surface area contributed by atoms with Gasteiger partial charge >= 0.3 is 0 Å². The van der Waals surface area contributed by atoms with Crippen molar-refractivity contribution in [2.24, 2.45) is 5.34 Å². The molecule has 0 saturated carbocycles. The summed E-state index contributed by atoms with van der Waals surface area (Å²) in [6.45, 7) is 5.69. The summed E-state index contributed by atoms with van der Waals surface area (Å²) in [4.78, 5) is 9.38. The molecule has 4 heteroatoms. The van der Waals surface area contributed by atoms with Gasteiger partial charge in [-0.15, -0.1) is 4.91 Å². The first-order valence-corrected chi connectivity index (χ1v) is 5.48. The molecule has 0 rings (SSSR count). The zero-order chi connectivity index (χ0) is 5.91. The first-order valence-electron chi connectivity index (χ1n) is 2.07. The minimum atomic E-state index is -1.64. The standard InChI is InChI=1S/C3H9NO2Si/c1-7(2,3)6-4-5/h1-3H3. The summed E-state index contributed by atoms with van der Waals surface area (Å²) in [5, 5.41) is 2.32. The average molecular weight is 119 g/mol. The maximum absolute atomic E-state index is 9.38. The molecule has 0 amide bonds. The second-order valence-electron chi connectivity index (χ2n) is 2.28. The van der Waals surface area contributed by atoms with Crippen molar-refractivity contribution in [3.05, 3.63) is 4.91 Å². The number of hydrogen-bond donors (Lipinski definition) is 0. The van der Waals surface area contributed by atoms with Gasteiger partial charge in [-0.25, -0.2) is 0 Å². The molecule has 0 spiro atoms. The van der Waals surface area contributed by atoms with Crippen molar-refractivity contribution in [1.82, 2.24) is 0 Å². The van der Waals surface area contributed by atoms with E-state index in [-0.39, 0.29) is 0 Å². The molecule has 0 aliphatic carbocycles. The summed E-state index contributed by atoms with van der Waals surface area (Å²) in [6.07, 6.45) is 0. The smallest absolute Gasteiger partial charge is 0.282 e. The van der Waals surface area contributed by atoms with Crippen LogP contribution in [0.5, 0.6) is 0 Å². The van der Waals surface area contributed by atoms with Gasteiger partial charge in [0.25, 0.3) is 8.32 Å². The molecule has 3 nitrogen and oxygen atoms in total. The Morgan fingerprint density at radius 3 is 1.86 bits per heavy atom. The van der Waals surface area contributed by atoms with Gasteiger partial charge in [-0.2, -0.15) is 0 Å². The zero-order valence-corrected chi connectivity index (χ0v) is 5.76. The van der Waals surface area contributed by atoms with Crippen LogP contribution in [0, 0.1) is 4.91 Å². The average Bonchev–Trinajstić information content (AvgIpc) is 1.30. The maximum Gasteiger partial charge on any atom is 0.282 e. The summed E-state index contributed by atoms with van der Waals surface area (Å²) in [5.74, 6) is 0. The number of hydrogen-bond acceptors (Lipinski definition) is 3. The molecule has 0 aliphatic heterocycles. The second-order valence-corrected chi connectivity index (χ2v) is 6.69. The largest absolute Gasteiger partial charge is 0.425 e. The van der Waals surface area contributed by atoms with E-state index in [0.717, 1.165) is 0 Å². The lowest BCUT2D eigenvalue weighted by Crippen LogP contribution is -2.21. The maximum atomic E-state index is 9.38. The van der Waals surface area contributed by atoms with E-state index in [1.54, 1.807) is 0 Å². The van der Waals surface area contributed by atoms with Crippen LogP contribution in [-0.4, -0.2) is 8.32 Å². The fourth-order valence-corrected chi connectivity index (χ4v) is 0.335. The lowest BCUT2D eigenvalue weighted by Gasteiger charge is -2.07. The third-order valence-corrected chi connectivity index (χ3v) is 0.933. The lowest BCUT2D eigenvalue weighted by atomic mass is 11.8. The molecule has 0 aromatic heterocycles. The summed E-state index contributed by atoms with van der Waals surface area (Å²) in [6, 6.07) is 0. The highest BCUT2D eigenvalue weighted by molar-refractivity contribution is 6.69. The minimum absolute atomic E-state index is 1.64. The van der Waals surface area contributed by atoms with E-state index in [9.17, 15) is 4.91 Å². The van der Waals surface area contributed by atoms with Crippen LogP contribution in [0.25, 0.3) is 0 Å². The molecule has 7 heavy (non-hydrogen) atoms. The topological polar surface area (TPSA) is 38.7 Å². The Kier molecular flexibility index (Phi) is 1.95. The van der Waals surface area contributed by atoms with Crippen LogP contribution in [0.4, 0.5) is 0 Å². The highest BCUT2D eigenvalue weighted by atomic mass is 28.4. The Balaban J connectivity index is 3.34. The van der Waals surface area contributed by atoms with Crippen molar-refractivity contribution in [2.75, 3.05) is 0 Å². The first-order chi connectivity index (χ1) is 3.06. The number of nitrogens with zero attached hydrogens (tertiary/aromatic N) is 1. The Morgan fingerprint density at radius 2 is 1.86 bits per heavy atom. The minimum Gasteiger partial charge on any atom is -0.425 e. The molecule has 0 aromatic carbocycles. The fraction of sp³-hybridized carbons (Fsp3) is 1.00. The summed E-state index contributed by atoms with van der Waals surface area (Å²) in [5.41, 5.74) is 0. The van der Waals surface area contributed by atoms with E-state index in [0.29, 0.717) is 0 Å². The van der Waals surface area contributed by atoms with Crippen molar-refractivity contribution in [3.8, 4) is 0 Å². The van der Waals surface area contributed by atoms with Gasteiger partial charge in [-0.3, -0.25) is 0 Å². The van der Waals surface area contributed by atoms with Gasteiger partial charge in [0.2, 0.25) is 0 Å². The van der Waals surface area contributed by atoms with E-state index in [1.165, 1.54) is 0 Å². The van der Waals surface area contributed by atoms with Gasteiger partial charge in [0.1, 0.15) is 5.34 Å². The highest BCUT2D eigenvalue weighted by Crippen LogP contribution is 2.00. The van der Waals surface area contributed by atoms with Crippen molar-refractivity contribution in [3.63, 3.8) is 0 Å². The van der Waals surface area contributed by atoms with Gasteiger partial charge in [-0.1, -0.05) is 0 Å². The van der Waals surface area contributed by atoms with Gasteiger partial charge in [0, 0.05) is 0 Å². The predicted molar refractivity (Wildman–Crippen MR) is 30.2 cm³/mol. The summed E-state index contributed by atoms with van der Waals surface area (Å²) >= 11 is 0. The van der Waals surface area contributed by atoms with Crippen LogP contribution in [0.2, 0.25) is 19.6 Å². The van der Waals surface area contributed by atoms with Crippen molar-refractivity contribution in [1.29, 1.82) is 0 Å². The Hall–Kier alpha value is -0.383. The van der Waals surface area contributed by atoms with E-state index < -0.39 is 8.32 Å². The molecule has 0 aliphatic rings. The first kappa shape index (κ1) is 6.62. The monoisotopic (exact) mass is 119 g/mol.